The third-order valence-corrected chi connectivity index (χ3v) is 5.32. The number of amides is 2. The third kappa shape index (κ3) is 6.36. The Morgan fingerprint density at radius 1 is 1.19 bits per heavy atom. The lowest BCUT2D eigenvalue weighted by molar-refractivity contribution is -0.123. The lowest BCUT2D eigenvalue weighted by Crippen LogP contribution is -2.48. The Hall–Kier alpha value is -3.77. The first-order chi connectivity index (χ1) is 15.5. The normalized spacial score (nSPS) is 11.4. The van der Waals surface area contributed by atoms with Gasteiger partial charge in [-0.25, -0.2) is 9.78 Å². The van der Waals surface area contributed by atoms with Gasteiger partial charge in [-0.3, -0.25) is 9.78 Å². The van der Waals surface area contributed by atoms with Crippen molar-refractivity contribution >= 4 is 23.3 Å². The highest BCUT2D eigenvalue weighted by molar-refractivity contribution is 7.13. The maximum Gasteiger partial charge on any atom is 0.413 e. The molecular weight excluding hydrogens is 426 g/mol. The number of thiazole rings is 1. The maximum absolute atomic E-state index is 12.3. The molecule has 0 aliphatic heterocycles. The number of ether oxygens (including phenoxy) is 1. The molecule has 0 unspecified atom stereocenters. The van der Waals surface area contributed by atoms with Crippen LogP contribution in [0.4, 0.5) is 4.79 Å². The molecule has 9 heteroatoms. The molecule has 0 bridgehead atoms. The van der Waals surface area contributed by atoms with Crippen molar-refractivity contribution < 1.29 is 14.3 Å². The fourth-order valence-corrected chi connectivity index (χ4v) is 3.77. The number of nitriles is 1. The fraction of sp³-hybridized carbons (Fsp3) is 0.261. The van der Waals surface area contributed by atoms with Crippen molar-refractivity contribution in [2.75, 3.05) is 6.54 Å². The van der Waals surface area contributed by atoms with Crippen molar-refractivity contribution in [2.24, 2.45) is 5.92 Å². The summed E-state index contributed by atoms with van der Waals surface area (Å²) < 4.78 is 5.33. The van der Waals surface area contributed by atoms with Crippen LogP contribution in [0.2, 0.25) is 0 Å². The van der Waals surface area contributed by atoms with Crippen LogP contribution in [0, 0.1) is 17.2 Å². The van der Waals surface area contributed by atoms with Crippen LogP contribution in [0.1, 0.15) is 20.3 Å². The maximum atomic E-state index is 12.3. The van der Waals surface area contributed by atoms with Crippen molar-refractivity contribution in [3.8, 4) is 33.6 Å². The van der Waals surface area contributed by atoms with Crippen molar-refractivity contribution in [3.05, 3.63) is 54.2 Å². The second kappa shape index (κ2) is 11.0. The highest BCUT2D eigenvalue weighted by Crippen LogP contribution is 2.29. The summed E-state index contributed by atoms with van der Waals surface area (Å²) in [5.41, 5.74) is 2.66. The Bertz CT molecular complexity index is 1090. The zero-order valence-corrected chi connectivity index (χ0v) is 18.6. The molecular formula is C23H23N5O3S. The Morgan fingerprint density at radius 2 is 1.97 bits per heavy atom. The van der Waals surface area contributed by atoms with Gasteiger partial charge in [0.2, 0.25) is 5.91 Å². The molecule has 0 radical (unpaired) electrons. The van der Waals surface area contributed by atoms with Crippen molar-refractivity contribution in [2.45, 2.75) is 26.3 Å². The minimum atomic E-state index is -0.781. The number of aromatic nitrogens is 2. The smallest absolute Gasteiger partial charge is 0.410 e. The molecule has 164 valence electrons. The highest BCUT2D eigenvalue weighted by atomic mass is 32.1. The molecule has 1 aromatic carbocycles. The molecule has 0 aliphatic rings. The van der Waals surface area contributed by atoms with Crippen molar-refractivity contribution in [3.63, 3.8) is 0 Å². The Labute approximate surface area is 190 Å². The topological polar surface area (TPSA) is 117 Å². The predicted octanol–water partition coefficient (Wildman–Crippen LogP) is 4.01. The number of hydrogen-bond acceptors (Lipinski definition) is 7. The largest absolute Gasteiger partial charge is 0.413 e. The summed E-state index contributed by atoms with van der Waals surface area (Å²) >= 11 is 1.53. The molecule has 2 heterocycles. The van der Waals surface area contributed by atoms with E-state index in [-0.39, 0.29) is 12.5 Å². The van der Waals surface area contributed by atoms with E-state index in [0.29, 0.717) is 12.2 Å². The van der Waals surface area contributed by atoms with Crippen molar-refractivity contribution in [1.82, 2.24) is 20.6 Å². The molecule has 0 aliphatic carbocycles. The van der Waals surface area contributed by atoms with Gasteiger partial charge >= 0.3 is 6.09 Å². The number of pyridine rings is 1. The summed E-state index contributed by atoms with van der Waals surface area (Å²) in [6, 6.07) is 11.9. The van der Waals surface area contributed by atoms with Crippen LogP contribution < -0.4 is 15.4 Å². The number of hydrogen-bond donors (Lipinski definition) is 2. The van der Waals surface area contributed by atoms with Gasteiger partial charge < -0.3 is 15.4 Å². The average molecular weight is 450 g/mol. The summed E-state index contributed by atoms with van der Waals surface area (Å²) in [6.07, 6.45) is 3.18. The quantitative estimate of drug-likeness (QED) is 0.502. The molecule has 3 aromatic rings. The number of benzene rings is 1. The number of carbonyl (C=O) groups is 2. The molecule has 8 nitrogen and oxygen atoms in total. The van der Waals surface area contributed by atoms with Crippen LogP contribution in [-0.2, 0) is 4.79 Å². The standard InChI is InChI=1S/C23H23N5O3S/c1-15(2)12-19(21(29)26-11-9-24)28-23(30)31-18-7-5-16(6-8-18)20-14-32-22(27-20)17-4-3-10-25-13-17/h3-8,10,13-15,19H,11-12H2,1-2H3,(H,26,29)(H,28,30)/t19-/m0/s1. The molecule has 0 fully saturated rings. The molecule has 2 N–H and O–H groups in total. The summed E-state index contributed by atoms with van der Waals surface area (Å²) in [4.78, 5) is 33.3. The Balaban J connectivity index is 1.62. The number of rotatable bonds is 8. The van der Waals surface area contributed by atoms with E-state index in [4.69, 9.17) is 10.00 Å². The molecule has 0 saturated heterocycles. The summed E-state index contributed by atoms with van der Waals surface area (Å²) in [6.45, 7) is 3.76. The van der Waals surface area contributed by atoms with E-state index in [1.165, 1.54) is 11.3 Å². The number of nitrogens with zero attached hydrogens (tertiary/aromatic N) is 3. The number of carbonyl (C=O) groups excluding carboxylic acids is 2. The van der Waals surface area contributed by atoms with Crippen LogP contribution in [0.3, 0.4) is 0 Å². The van der Waals surface area contributed by atoms with Gasteiger partial charge in [-0.2, -0.15) is 5.26 Å². The van der Waals surface area contributed by atoms with E-state index in [9.17, 15) is 9.59 Å². The zero-order valence-electron chi connectivity index (χ0n) is 17.7. The Kier molecular flexibility index (Phi) is 7.89. The van der Waals surface area contributed by atoms with E-state index < -0.39 is 18.0 Å². The van der Waals surface area contributed by atoms with Gasteiger partial charge in [0.15, 0.2) is 0 Å². The second-order valence-electron chi connectivity index (χ2n) is 7.40. The van der Waals surface area contributed by atoms with Crippen LogP contribution in [0.5, 0.6) is 5.75 Å². The van der Waals surface area contributed by atoms with Gasteiger partial charge in [0.25, 0.3) is 0 Å². The molecule has 1 atom stereocenters. The lowest BCUT2D eigenvalue weighted by Gasteiger charge is -2.19. The highest BCUT2D eigenvalue weighted by Gasteiger charge is 2.22. The number of nitrogens with one attached hydrogen (secondary N) is 2. The first-order valence-electron chi connectivity index (χ1n) is 10.1. The summed E-state index contributed by atoms with van der Waals surface area (Å²) in [5.74, 6) is 0.0947. The molecule has 32 heavy (non-hydrogen) atoms. The van der Waals surface area contributed by atoms with E-state index in [2.05, 4.69) is 20.6 Å². The monoisotopic (exact) mass is 449 g/mol. The average Bonchev–Trinajstić information content (AvgIpc) is 3.28. The first kappa shape index (κ1) is 22.9. The second-order valence-corrected chi connectivity index (χ2v) is 8.25. The van der Waals surface area contributed by atoms with Gasteiger partial charge in [0.05, 0.1) is 11.8 Å². The summed E-state index contributed by atoms with van der Waals surface area (Å²) in [7, 11) is 0. The Morgan fingerprint density at radius 3 is 2.62 bits per heavy atom. The molecule has 2 aromatic heterocycles. The summed E-state index contributed by atoms with van der Waals surface area (Å²) in [5, 5.41) is 16.5. The SMILES string of the molecule is CC(C)C[C@H](NC(=O)Oc1ccc(-c2csc(-c3cccnc3)n2)cc1)C(=O)NCC#N. The van der Waals surface area contributed by atoms with Crippen LogP contribution in [0.15, 0.2) is 54.2 Å². The lowest BCUT2D eigenvalue weighted by atomic mass is 10.0. The predicted molar refractivity (Wildman–Crippen MR) is 122 cm³/mol. The van der Waals surface area contributed by atoms with Crippen LogP contribution in [0.25, 0.3) is 21.8 Å². The van der Waals surface area contributed by atoms with E-state index in [1.54, 1.807) is 24.5 Å². The van der Waals surface area contributed by atoms with E-state index in [0.717, 1.165) is 21.8 Å². The van der Waals surface area contributed by atoms with Gasteiger partial charge in [0, 0.05) is 28.9 Å². The third-order valence-electron chi connectivity index (χ3n) is 4.43. The van der Waals surface area contributed by atoms with Crippen molar-refractivity contribution in [1.29, 1.82) is 5.26 Å². The molecule has 0 spiro atoms. The van der Waals surface area contributed by atoms with Gasteiger partial charge in [0.1, 0.15) is 23.3 Å². The molecule has 3 rings (SSSR count). The van der Waals surface area contributed by atoms with E-state index in [1.807, 2.05) is 49.6 Å². The van der Waals surface area contributed by atoms with Gasteiger partial charge in [-0.05, 0) is 48.7 Å². The molecule has 2 amide bonds. The minimum absolute atomic E-state index is 0.120. The fourth-order valence-electron chi connectivity index (χ4n) is 2.95. The first-order valence-corrected chi connectivity index (χ1v) is 10.9. The zero-order chi connectivity index (χ0) is 22.9. The minimum Gasteiger partial charge on any atom is -0.410 e. The van der Waals surface area contributed by atoms with Crippen LogP contribution in [-0.4, -0.2) is 34.6 Å². The van der Waals surface area contributed by atoms with E-state index >= 15 is 0 Å². The van der Waals surface area contributed by atoms with Crippen LogP contribution >= 0.6 is 11.3 Å². The van der Waals surface area contributed by atoms with Gasteiger partial charge in [-0.15, -0.1) is 11.3 Å². The van der Waals surface area contributed by atoms with Gasteiger partial charge in [-0.1, -0.05) is 13.8 Å². The molecule has 0 saturated carbocycles.